The molecule has 0 aliphatic rings. The van der Waals surface area contributed by atoms with Gasteiger partial charge in [0.25, 0.3) is 0 Å². The molecule has 2 aromatic heterocycles. The molecule has 0 aliphatic heterocycles. The van der Waals surface area contributed by atoms with E-state index in [0.29, 0.717) is 6.54 Å². The molecule has 0 fully saturated rings. The fraction of sp³-hybridized carbons (Fsp3) is 0.154. The van der Waals surface area contributed by atoms with Crippen LogP contribution in [0.3, 0.4) is 0 Å². The van der Waals surface area contributed by atoms with Crippen LogP contribution < -0.4 is 5.32 Å². The highest BCUT2D eigenvalue weighted by atomic mass is 15.4. The molecule has 0 atom stereocenters. The fourth-order valence-electron chi connectivity index (χ4n) is 1.85. The van der Waals surface area contributed by atoms with Crippen molar-refractivity contribution in [2.75, 3.05) is 5.32 Å². The standard InChI is InChI=1S/C13H13N5/c1-18-12(9-16-17-18)8-15-11-4-5-13-10(7-11)3-2-6-14-13/h2-7,9,15H,8H2,1H3. The second-order valence-corrected chi connectivity index (χ2v) is 4.11. The van der Waals surface area contributed by atoms with Crippen LogP contribution in [0.2, 0.25) is 0 Å². The van der Waals surface area contributed by atoms with Gasteiger partial charge in [-0.05, 0) is 24.3 Å². The van der Waals surface area contributed by atoms with Crippen molar-refractivity contribution in [1.82, 2.24) is 20.0 Å². The average Bonchev–Trinajstić information content (AvgIpc) is 2.82. The van der Waals surface area contributed by atoms with Gasteiger partial charge in [0.05, 0.1) is 24.0 Å². The van der Waals surface area contributed by atoms with Gasteiger partial charge in [-0.3, -0.25) is 9.67 Å². The number of hydrogen-bond acceptors (Lipinski definition) is 4. The summed E-state index contributed by atoms with van der Waals surface area (Å²) in [6.07, 6.45) is 3.56. The van der Waals surface area contributed by atoms with Gasteiger partial charge in [0, 0.05) is 24.3 Å². The summed E-state index contributed by atoms with van der Waals surface area (Å²) in [7, 11) is 1.88. The van der Waals surface area contributed by atoms with Crippen molar-refractivity contribution < 1.29 is 0 Å². The van der Waals surface area contributed by atoms with Gasteiger partial charge in [-0.1, -0.05) is 11.3 Å². The lowest BCUT2D eigenvalue weighted by molar-refractivity contribution is 0.683. The molecular weight excluding hydrogens is 226 g/mol. The first kappa shape index (κ1) is 10.7. The molecule has 0 saturated heterocycles. The van der Waals surface area contributed by atoms with Crippen LogP contribution in [-0.4, -0.2) is 20.0 Å². The van der Waals surface area contributed by atoms with Gasteiger partial charge >= 0.3 is 0 Å². The number of benzene rings is 1. The number of nitrogens with zero attached hydrogens (tertiary/aromatic N) is 4. The summed E-state index contributed by atoms with van der Waals surface area (Å²) in [6, 6.07) is 10.1. The smallest absolute Gasteiger partial charge is 0.0774 e. The molecule has 5 nitrogen and oxygen atoms in total. The van der Waals surface area contributed by atoms with E-state index in [0.717, 1.165) is 22.3 Å². The Bertz CT molecular complexity index is 674. The van der Waals surface area contributed by atoms with E-state index in [-0.39, 0.29) is 0 Å². The third-order valence-electron chi connectivity index (χ3n) is 2.88. The number of hydrogen-bond donors (Lipinski definition) is 1. The zero-order valence-corrected chi connectivity index (χ0v) is 10.0. The van der Waals surface area contributed by atoms with Gasteiger partial charge < -0.3 is 5.32 Å². The molecule has 0 saturated carbocycles. The van der Waals surface area contributed by atoms with Crippen molar-refractivity contribution in [2.24, 2.45) is 7.05 Å². The van der Waals surface area contributed by atoms with E-state index in [1.54, 1.807) is 17.1 Å². The number of aromatic nitrogens is 4. The molecule has 1 N–H and O–H groups in total. The molecule has 0 amide bonds. The van der Waals surface area contributed by atoms with Crippen molar-refractivity contribution in [3.63, 3.8) is 0 Å². The van der Waals surface area contributed by atoms with Gasteiger partial charge in [0.15, 0.2) is 0 Å². The van der Waals surface area contributed by atoms with Gasteiger partial charge in [-0.2, -0.15) is 0 Å². The highest BCUT2D eigenvalue weighted by molar-refractivity contribution is 5.82. The third-order valence-corrected chi connectivity index (χ3v) is 2.88. The Kier molecular flexibility index (Phi) is 2.64. The predicted molar refractivity (Wildman–Crippen MR) is 70.1 cm³/mol. The molecule has 2 heterocycles. The topological polar surface area (TPSA) is 55.6 Å². The minimum Gasteiger partial charge on any atom is -0.379 e. The van der Waals surface area contributed by atoms with Crippen LogP contribution in [0.4, 0.5) is 5.69 Å². The molecule has 18 heavy (non-hydrogen) atoms. The number of anilines is 1. The van der Waals surface area contributed by atoms with Crippen LogP contribution >= 0.6 is 0 Å². The molecule has 90 valence electrons. The average molecular weight is 239 g/mol. The van der Waals surface area contributed by atoms with Gasteiger partial charge in [-0.15, -0.1) is 5.10 Å². The lowest BCUT2D eigenvalue weighted by atomic mass is 10.2. The first-order valence-corrected chi connectivity index (χ1v) is 5.75. The summed E-state index contributed by atoms with van der Waals surface area (Å²) in [5.41, 5.74) is 3.11. The lowest BCUT2D eigenvalue weighted by Crippen LogP contribution is -2.05. The van der Waals surface area contributed by atoms with Gasteiger partial charge in [-0.25, -0.2) is 0 Å². The molecule has 0 spiro atoms. The summed E-state index contributed by atoms with van der Waals surface area (Å²) in [5, 5.41) is 12.2. The van der Waals surface area contributed by atoms with E-state index >= 15 is 0 Å². The van der Waals surface area contributed by atoms with E-state index in [4.69, 9.17) is 0 Å². The zero-order valence-electron chi connectivity index (χ0n) is 10.0. The Morgan fingerprint density at radius 3 is 3.06 bits per heavy atom. The lowest BCUT2D eigenvalue weighted by Gasteiger charge is -2.07. The second-order valence-electron chi connectivity index (χ2n) is 4.11. The van der Waals surface area contributed by atoms with Crippen LogP contribution in [0.5, 0.6) is 0 Å². The molecule has 0 bridgehead atoms. The Labute approximate surface area is 104 Å². The number of aryl methyl sites for hydroxylation is 1. The van der Waals surface area contributed by atoms with Crippen LogP contribution in [0.15, 0.2) is 42.7 Å². The summed E-state index contributed by atoms with van der Waals surface area (Å²) in [5.74, 6) is 0. The molecule has 5 heteroatoms. The fourth-order valence-corrected chi connectivity index (χ4v) is 1.85. The van der Waals surface area contributed by atoms with Crippen LogP contribution in [-0.2, 0) is 13.6 Å². The maximum atomic E-state index is 4.29. The molecule has 3 rings (SSSR count). The molecule has 0 radical (unpaired) electrons. The maximum absolute atomic E-state index is 4.29. The van der Waals surface area contributed by atoms with Crippen molar-refractivity contribution in [2.45, 2.75) is 6.54 Å². The third kappa shape index (κ3) is 2.02. The van der Waals surface area contributed by atoms with Crippen LogP contribution in [0.25, 0.3) is 10.9 Å². The summed E-state index contributed by atoms with van der Waals surface area (Å²) in [4.78, 5) is 4.29. The summed E-state index contributed by atoms with van der Waals surface area (Å²) >= 11 is 0. The van der Waals surface area contributed by atoms with E-state index in [2.05, 4.69) is 32.7 Å². The zero-order chi connectivity index (χ0) is 12.4. The SMILES string of the molecule is Cn1nncc1CNc1ccc2ncccc2c1. The van der Waals surface area contributed by atoms with Crippen molar-refractivity contribution >= 4 is 16.6 Å². The molecular formula is C13H13N5. The highest BCUT2D eigenvalue weighted by Crippen LogP contribution is 2.17. The monoisotopic (exact) mass is 239 g/mol. The Morgan fingerprint density at radius 1 is 1.28 bits per heavy atom. The van der Waals surface area contributed by atoms with E-state index in [9.17, 15) is 0 Å². The first-order valence-electron chi connectivity index (χ1n) is 5.75. The van der Waals surface area contributed by atoms with Crippen LogP contribution in [0, 0.1) is 0 Å². The minimum absolute atomic E-state index is 0.704. The molecule has 1 aromatic carbocycles. The molecule has 0 unspecified atom stereocenters. The maximum Gasteiger partial charge on any atom is 0.0774 e. The van der Waals surface area contributed by atoms with E-state index in [1.165, 1.54) is 0 Å². The first-order chi connectivity index (χ1) is 8.83. The highest BCUT2D eigenvalue weighted by Gasteiger charge is 2.00. The minimum atomic E-state index is 0.704. The quantitative estimate of drug-likeness (QED) is 0.759. The number of rotatable bonds is 3. The van der Waals surface area contributed by atoms with E-state index < -0.39 is 0 Å². The normalized spacial score (nSPS) is 10.7. The summed E-state index contributed by atoms with van der Waals surface area (Å²) < 4.78 is 1.76. The number of fused-ring (bicyclic) bond motifs is 1. The predicted octanol–water partition coefficient (Wildman–Crippen LogP) is 1.98. The largest absolute Gasteiger partial charge is 0.379 e. The molecule has 0 aliphatic carbocycles. The number of nitrogens with one attached hydrogen (secondary N) is 1. The van der Waals surface area contributed by atoms with Crippen molar-refractivity contribution in [1.29, 1.82) is 0 Å². The second kappa shape index (κ2) is 4.44. The number of pyridine rings is 1. The van der Waals surface area contributed by atoms with Crippen LogP contribution in [0.1, 0.15) is 5.69 Å². The Balaban J connectivity index is 1.81. The van der Waals surface area contributed by atoms with Gasteiger partial charge in [0.1, 0.15) is 0 Å². The van der Waals surface area contributed by atoms with E-state index in [1.807, 2.05) is 25.2 Å². The Hall–Kier alpha value is -2.43. The van der Waals surface area contributed by atoms with Gasteiger partial charge in [0.2, 0.25) is 0 Å². The Morgan fingerprint density at radius 2 is 2.22 bits per heavy atom. The molecule has 3 aromatic rings. The summed E-state index contributed by atoms with van der Waals surface area (Å²) in [6.45, 7) is 0.704. The van der Waals surface area contributed by atoms with Crippen molar-refractivity contribution in [3.05, 3.63) is 48.4 Å². The van der Waals surface area contributed by atoms with Crippen molar-refractivity contribution in [3.8, 4) is 0 Å².